The monoisotopic (exact) mass is 546 g/mol. The van der Waals surface area contributed by atoms with Crippen molar-refractivity contribution in [3.8, 4) is 17.2 Å². The number of hydrogen-bond acceptors (Lipinski definition) is 4. The molecule has 8 heteroatoms. The zero-order chi connectivity index (χ0) is 27.0. The highest BCUT2D eigenvalue weighted by atomic mass is 35.5. The van der Waals surface area contributed by atoms with Gasteiger partial charge >= 0.3 is 0 Å². The number of aromatic nitrogens is 2. The second-order valence-electron chi connectivity index (χ2n) is 9.64. The third-order valence-corrected chi connectivity index (χ3v) is 7.31. The highest BCUT2D eigenvalue weighted by Gasteiger charge is 2.42. The molecule has 0 amide bonds. The average Bonchev–Trinajstić information content (AvgIpc) is 3.39. The third-order valence-electron chi connectivity index (χ3n) is 6.76. The van der Waals surface area contributed by atoms with E-state index in [-0.39, 0.29) is 18.2 Å². The number of benzene rings is 2. The highest BCUT2D eigenvalue weighted by Crippen LogP contribution is 2.44. The lowest BCUT2D eigenvalue weighted by atomic mass is 9.96. The second-order valence-corrected chi connectivity index (χ2v) is 10.5. The number of nitrogens with zero attached hydrogens (tertiary/aromatic N) is 3. The Balaban J connectivity index is 1.65. The Hall–Kier alpha value is -3.55. The van der Waals surface area contributed by atoms with Crippen LogP contribution in [-0.2, 0) is 0 Å². The molecule has 4 aromatic rings. The molecule has 0 saturated carbocycles. The first-order valence-electron chi connectivity index (χ1n) is 12.6. The van der Waals surface area contributed by atoms with Crippen LogP contribution in [-0.4, -0.2) is 27.9 Å². The van der Waals surface area contributed by atoms with Crippen molar-refractivity contribution >= 4 is 34.6 Å². The van der Waals surface area contributed by atoms with Crippen molar-refractivity contribution in [1.29, 1.82) is 0 Å². The van der Waals surface area contributed by atoms with Gasteiger partial charge in [0.1, 0.15) is 11.5 Å². The molecule has 38 heavy (non-hydrogen) atoms. The van der Waals surface area contributed by atoms with Gasteiger partial charge in [0.15, 0.2) is 5.11 Å². The van der Waals surface area contributed by atoms with Gasteiger partial charge in [-0.25, -0.2) is 0 Å². The Morgan fingerprint density at radius 1 is 1.03 bits per heavy atom. The van der Waals surface area contributed by atoms with E-state index < -0.39 is 0 Å². The number of thiocarbonyl (C=S) groups is 1. The molecule has 0 radical (unpaired) electrons. The molecule has 1 aliphatic heterocycles. The molecule has 6 nitrogen and oxygen atoms in total. The molecule has 1 N–H and O–H groups in total. The fourth-order valence-corrected chi connectivity index (χ4v) is 5.71. The minimum absolute atomic E-state index is 0.102. The van der Waals surface area contributed by atoms with Crippen LogP contribution >= 0.6 is 23.8 Å². The standard InChI is InChI=1S/C30H31ClN4O2S/c1-18(2)37-23-12-10-22(11-13-23)35-29(28(33-30(35)38)25-8-6-7-15-32-25)24-16-19(3)34(20(24)4)26-17-21(31)9-14-27(26)36-5/h6-18,28-29H,1-5H3,(H,33,38)/t28-,29+/m0/s1. The van der Waals surface area contributed by atoms with Gasteiger partial charge in [-0.1, -0.05) is 17.7 Å². The van der Waals surface area contributed by atoms with Crippen LogP contribution in [0.15, 0.2) is 72.9 Å². The molecule has 0 unspecified atom stereocenters. The van der Waals surface area contributed by atoms with Crippen molar-refractivity contribution in [2.45, 2.75) is 45.9 Å². The second kappa shape index (κ2) is 10.7. The first kappa shape index (κ1) is 26.1. The molecule has 5 rings (SSSR count). The van der Waals surface area contributed by atoms with Crippen LogP contribution in [0.5, 0.6) is 11.5 Å². The summed E-state index contributed by atoms with van der Waals surface area (Å²) in [6, 6.07) is 21.7. The third kappa shape index (κ3) is 4.84. The number of hydrogen-bond donors (Lipinski definition) is 1. The summed E-state index contributed by atoms with van der Waals surface area (Å²) in [6.07, 6.45) is 1.92. The minimum atomic E-state index is -0.148. The van der Waals surface area contributed by atoms with E-state index in [4.69, 9.17) is 33.3 Å². The Labute approximate surface area is 234 Å². The highest BCUT2D eigenvalue weighted by molar-refractivity contribution is 7.80. The van der Waals surface area contributed by atoms with E-state index in [2.05, 4.69) is 51.8 Å². The zero-order valence-corrected chi connectivity index (χ0v) is 23.7. The van der Waals surface area contributed by atoms with Crippen LogP contribution in [0.1, 0.15) is 48.6 Å². The number of ether oxygens (including phenoxy) is 2. The summed E-state index contributed by atoms with van der Waals surface area (Å²) in [6.45, 7) is 8.25. The number of aryl methyl sites for hydroxylation is 1. The molecule has 1 saturated heterocycles. The van der Waals surface area contributed by atoms with Gasteiger partial charge < -0.3 is 24.3 Å². The molecule has 2 atom stereocenters. The number of methoxy groups -OCH3 is 1. The largest absolute Gasteiger partial charge is 0.495 e. The lowest BCUT2D eigenvalue weighted by Crippen LogP contribution is -2.29. The van der Waals surface area contributed by atoms with E-state index >= 15 is 0 Å². The molecule has 1 aliphatic rings. The lowest BCUT2D eigenvalue weighted by Gasteiger charge is -2.28. The molecule has 0 aliphatic carbocycles. The summed E-state index contributed by atoms with van der Waals surface area (Å²) in [5, 5.41) is 4.85. The van der Waals surface area contributed by atoms with E-state index in [0.29, 0.717) is 10.1 Å². The molecule has 2 aromatic carbocycles. The van der Waals surface area contributed by atoms with Crippen LogP contribution in [0.4, 0.5) is 5.69 Å². The van der Waals surface area contributed by atoms with Crippen molar-refractivity contribution in [2.75, 3.05) is 12.0 Å². The Kier molecular flexibility index (Phi) is 7.32. The van der Waals surface area contributed by atoms with Gasteiger partial charge in [-0.3, -0.25) is 4.98 Å². The molecular formula is C30H31ClN4O2S. The van der Waals surface area contributed by atoms with Crippen LogP contribution in [0.3, 0.4) is 0 Å². The smallest absolute Gasteiger partial charge is 0.174 e. The Bertz CT molecular complexity index is 1450. The minimum Gasteiger partial charge on any atom is -0.495 e. The van der Waals surface area contributed by atoms with Gasteiger partial charge in [0.2, 0.25) is 0 Å². The number of halogens is 1. The average molecular weight is 547 g/mol. The first-order valence-corrected chi connectivity index (χ1v) is 13.4. The van der Waals surface area contributed by atoms with E-state index in [9.17, 15) is 0 Å². The number of anilines is 1. The topological polar surface area (TPSA) is 51.5 Å². The molecule has 0 spiro atoms. The van der Waals surface area contributed by atoms with Crippen molar-refractivity contribution in [1.82, 2.24) is 14.9 Å². The zero-order valence-electron chi connectivity index (χ0n) is 22.1. The van der Waals surface area contributed by atoms with Crippen LogP contribution in [0, 0.1) is 13.8 Å². The molecule has 3 heterocycles. The van der Waals surface area contributed by atoms with E-state index in [1.54, 1.807) is 7.11 Å². The lowest BCUT2D eigenvalue weighted by molar-refractivity contribution is 0.242. The summed E-state index contributed by atoms with van der Waals surface area (Å²) in [7, 11) is 1.67. The maximum atomic E-state index is 6.41. The quantitative estimate of drug-likeness (QED) is 0.249. The molecular weight excluding hydrogens is 516 g/mol. The first-order chi connectivity index (χ1) is 18.3. The predicted molar refractivity (Wildman–Crippen MR) is 157 cm³/mol. The molecule has 0 bridgehead atoms. The fourth-order valence-electron chi connectivity index (χ4n) is 5.20. The summed E-state index contributed by atoms with van der Waals surface area (Å²) >= 11 is 12.3. The maximum absolute atomic E-state index is 6.41. The number of rotatable bonds is 7. The number of nitrogens with one attached hydrogen (secondary N) is 1. The van der Waals surface area contributed by atoms with Crippen molar-refractivity contribution in [3.05, 3.63) is 101 Å². The summed E-state index contributed by atoms with van der Waals surface area (Å²) in [4.78, 5) is 6.86. The van der Waals surface area contributed by atoms with E-state index in [1.165, 1.54) is 0 Å². The van der Waals surface area contributed by atoms with Crippen molar-refractivity contribution < 1.29 is 9.47 Å². The van der Waals surface area contributed by atoms with Crippen LogP contribution in [0.25, 0.3) is 5.69 Å². The summed E-state index contributed by atoms with van der Waals surface area (Å²) in [5.41, 5.74) is 6.07. The van der Waals surface area contributed by atoms with Crippen LogP contribution in [0.2, 0.25) is 5.02 Å². The maximum Gasteiger partial charge on any atom is 0.174 e. The molecule has 1 fully saturated rings. The summed E-state index contributed by atoms with van der Waals surface area (Å²) in [5.74, 6) is 1.58. The van der Waals surface area contributed by atoms with E-state index in [0.717, 1.165) is 45.5 Å². The fraction of sp³-hybridized carbons (Fsp3) is 0.267. The van der Waals surface area contributed by atoms with Gasteiger partial charge in [-0.05, 0) is 106 Å². The van der Waals surface area contributed by atoms with Gasteiger partial charge in [-0.2, -0.15) is 0 Å². The van der Waals surface area contributed by atoms with Gasteiger partial charge in [0.25, 0.3) is 0 Å². The Morgan fingerprint density at radius 3 is 2.45 bits per heavy atom. The van der Waals surface area contributed by atoms with E-state index in [1.807, 2.05) is 68.6 Å². The SMILES string of the molecule is COc1ccc(Cl)cc1-n1c(C)cc([C@@H]2[C@H](c3ccccn3)NC(=S)N2c2ccc(OC(C)C)cc2)c1C. The van der Waals surface area contributed by atoms with Crippen LogP contribution < -0.4 is 19.7 Å². The predicted octanol–water partition coefficient (Wildman–Crippen LogP) is 7.12. The number of pyridine rings is 1. The molecule has 196 valence electrons. The van der Waals surface area contributed by atoms with Crippen molar-refractivity contribution in [3.63, 3.8) is 0 Å². The van der Waals surface area contributed by atoms with Gasteiger partial charge in [0, 0.05) is 28.3 Å². The summed E-state index contributed by atoms with van der Waals surface area (Å²) < 4.78 is 13.8. The van der Waals surface area contributed by atoms with Crippen molar-refractivity contribution in [2.24, 2.45) is 0 Å². The van der Waals surface area contributed by atoms with Gasteiger partial charge in [-0.15, -0.1) is 0 Å². The molecule has 2 aromatic heterocycles. The normalized spacial score (nSPS) is 17.1. The van der Waals surface area contributed by atoms with Gasteiger partial charge in [0.05, 0.1) is 36.7 Å². The Morgan fingerprint density at radius 2 is 1.79 bits per heavy atom.